The van der Waals surface area contributed by atoms with Gasteiger partial charge in [0.25, 0.3) is 0 Å². The Kier molecular flexibility index (Phi) is 4.50. The van der Waals surface area contributed by atoms with Gasteiger partial charge in [-0.05, 0) is 30.0 Å². The van der Waals surface area contributed by atoms with Gasteiger partial charge in [-0.2, -0.15) is 0 Å². The molecule has 0 aliphatic carbocycles. The molecule has 1 aromatic carbocycles. The summed E-state index contributed by atoms with van der Waals surface area (Å²) in [5, 5.41) is 0.410. The molecule has 0 spiro atoms. The fourth-order valence-electron chi connectivity index (χ4n) is 1.28. The van der Waals surface area contributed by atoms with Crippen molar-refractivity contribution in [3.63, 3.8) is 0 Å². The molecule has 0 fully saturated rings. The monoisotopic (exact) mass is 290 g/mol. The highest BCUT2D eigenvalue weighted by molar-refractivity contribution is 7.92. The lowest BCUT2D eigenvalue weighted by Gasteiger charge is -2.18. The Morgan fingerprint density at radius 3 is 2.44 bits per heavy atom. The van der Waals surface area contributed by atoms with Crippen molar-refractivity contribution in [3.8, 4) is 0 Å². The maximum Gasteiger partial charge on any atom is 0.232 e. The van der Waals surface area contributed by atoms with Gasteiger partial charge in [-0.25, -0.2) is 8.42 Å². The molecule has 1 rings (SSSR count). The Labute approximate surface area is 114 Å². The quantitative estimate of drug-likeness (QED) is 0.837. The van der Waals surface area contributed by atoms with E-state index in [4.69, 9.17) is 17.3 Å². The molecule has 0 aliphatic heterocycles. The molecule has 0 aliphatic rings. The number of benzene rings is 1. The van der Waals surface area contributed by atoms with Gasteiger partial charge in [0, 0.05) is 0 Å². The zero-order valence-electron chi connectivity index (χ0n) is 10.8. The summed E-state index contributed by atoms with van der Waals surface area (Å²) in [5.74, 6) is 0.0824. The summed E-state index contributed by atoms with van der Waals surface area (Å²) in [6.45, 7) is 6.01. The summed E-state index contributed by atoms with van der Waals surface area (Å²) in [7, 11) is -3.35. The van der Waals surface area contributed by atoms with Crippen LogP contribution in [0.4, 0.5) is 11.4 Å². The molecule has 0 atom stereocenters. The van der Waals surface area contributed by atoms with Gasteiger partial charge in [-0.1, -0.05) is 32.4 Å². The van der Waals surface area contributed by atoms with Gasteiger partial charge in [0.05, 0.1) is 22.2 Å². The maximum atomic E-state index is 11.9. The van der Waals surface area contributed by atoms with Crippen LogP contribution >= 0.6 is 11.6 Å². The van der Waals surface area contributed by atoms with Crippen LogP contribution in [0.15, 0.2) is 18.2 Å². The first kappa shape index (κ1) is 15.1. The van der Waals surface area contributed by atoms with Gasteiger partial charge < -0.3 is 5.73 Å². The van der Waals surface area contributed by atoms with Crippen molar-refractivity contribution >= 4 is 33.0 Å². The van der Waals surface area contributed by atoms with Crippen LogP contribution in [0, 0.1) is 5.41 Å². The molecule has 0 radical (unpaired) electrons. The van der Waals surface area contributed by atoms with E-state index in [2.05, 4.69) is 4.72 Å². The lowest BCUT2D eigenvalue weighted by molar-refractivity contribution is 0.397. The van der Waals surface area contributed by atoms with Crippen molar-refractivity contribution in [2.24, 2.45) is 5.41 Å². The van der Waals surface area contributed by atoms with E-state index >= 15 is 0 Å². The van der Waals surface area contributed by atoms with Crippen LogP contribution < -0.4 is 10.5 Å². The summed E-state index contributed by atoms with van der Waals surface area (Å²) in [6.07, 6.45) is 0.589. The Hall–Kier alpha value is -0.940. The highest BCUT2D eigenvalue weighted by atomic mass is 35.5. The van der Waals surface area contributed by atoms with E-state index in [1.54, 1.807) is 12.1 Å². The fraction of sp³-hybridized carbons (Fsp3) is 0.500. The highest BCUT2D eigenvalue weighted by Crippen LogP contribution is 2.24. The SMILES string of the molecule is CC(C)(C)CCS(=O)(=O)Nc1ccc(Cl)c(N)c1. The second-order valence-electron chi connectivity index (χ2n) is 5.47. The van der Waals surface area contributed by atoms with E-state index in [0.29, 0.717) is 22.8 Å². The molecule has 0 heterocycles. The first-order valence-electron chi connectivity index (χ1n) is 5.65. The molecule has 1 aromatic rings. The summed E-state index contributed by atoms with van der Waals surface area (Å²) >= 11 is 5.77. The van der Waals surface area contributed by atoms with Crippen LogP contribution in [0.2, 0.25) is 5.02 Å². The molecule has 0 unspecified atom stereocenters. The molecule has 4 nitrogen and oxygen atoms in total. The van der Waals surface area contributed by atoms with E-state index < -0.39 is 10.0 Å². The van der Waals surface area contributed by atoms with Crippen LogP contribution in [0.1, 0.15) is 27.2 Å². The fourth-order valence-corrected chi connectivity index (χ4v) is 2.87. The second-order valence-corrected chi connectivity index (χ2v) is 7.72. The topological polar surface area (TPSA) is 72.2 Å². The van der Waals surface area contributed by atoms with Crippen molar-refractivity contribution in [1.82, 2.24) is 0 Å². The average Bonchev–Trinajstić information content (AvgIpc) is 2.20. The molecular weight excluding hydrogens is 272 g/mol. The van der Waals surface area contributed by atoms with Crippen molar-refractivity contribution in [2.75, 3.05) is 16.2 Å². The van der Waals surface area contributed by atoms with Crippen molar-refractivity contribution in [3.05, 3.63) is 23.2 Å². The smallest absolute Gasteiger partial charge is 0.232 e. The van der Waals surface area contributed by atoms with E-state index in [-0.39, 0.29) is 11.2 Å². The highest BCUT2D eigenvalue weighted by Gasteiger charge is 2.17. The largest absolute Gasteiger partial charge is 0.397 e. The molecule has 102 valence electrons. The van der Waals surface area contributed by atoms with Crippen LogP contribution in [-0.2, 0) is 10.0 Å². The van der Waals surface area contributed by atoms with Crippen molar-refractivity contribution in [1.29, 1.82) is 0 Å². The predicted molar refractivity (Wildman–Crippen MR) is 77.3 cm³/mol. The molecule has 0 saturated carbocycles. The van der Waals surface area contributed by atoms with Crippen LogP contribution in [-0.4, -0.2) is 14.2 Å². The van der Waals surface area contributed by atoms with Crippen molar-refractivity contribution < 1.29 is 8.42 Å². The predicted octanol–water partition coefficient (Wildman–Crippen LogP) is 3.10. The number of hydrogen-bond acceptors (Lipinski definition) is 3. The molecule has 0 aromatic heterocycles. The number of nitrogens with one attached hydrogen (secondary N) is 1. The summed E-state index contributed by atoms with van der Waals surface area (Å²) < 4.78 is 26.2. The number of hydrogen-bond donors (Lipinski definition) is 2. The Morgan fingerprint density at radius 2 is 1.94 bits per heavy atom. The molecular formula is C12H19ClN2O2S. The summed E-state index contributed by atoms with van der Waals surface area (Å²) in [6, 6.07) is 4.67. The second kappa shape index (κ2) is 5.36. The maximum absolute atomic E-state index is 11.9. The summed E-state index contributed by atoms with van der Waals surface area (Å²) in [4.78, 5) is 0. The number of sulfonamides is 1. The number of nitrogen functional groups attached to an aromatic ring is 1. The minimum absolute atomic E-state index is 0.0201. The van der Waals surface area contributed by atoms with Gasteiger partial charge >= 0.3 is 0 Å². The average molecular weight is 291 g/mol. The van der Waals surface area contributed by atoms with E-state index in [9.17, 15) is 8.42 Å². The van der Waals surface area contributed by atoms with E-state index in [0.717, 1.165) is 0 Å². The lowest BCUT2D eigenvalue weighted by Crippen LogP contribution is -2.20. The van der Waals surface area contributed by atoms with Crippen LogP contribution in [0.25, 0.3) is 0 Å². The minimum Gasteiger partial charge on any atom is -0.397 e. The molecule has 0 bridgehead atoms. The Balaban J connectivity index is 2.74. The van der Waals surface area contributed by atoms with Gasteiger partial charge in [-0.3, -0.25) is 4.72 Å². The van der Waals surface area contributed by atoms with Gasteiger partial charge in [0.15, 0.2) is 0 Å². The minimum atomic E-state index is -3.35. The number of halogens is 1. The molecule has 3 N–H and O–H groups in total. The zero-order chi connectivity index (χ0) is 14.0. The number of rotatable bonds is 4. The third-order valence-electron chi connectivity index (χ3n) is 2.39. The Morgan fingerprint density at radius 1 is 1.33 bits per heavy atom. The molecule has 0 saturated heterocycles. The third-order valence-corrected chi connectivity index (χ3v) is 4.02. The van der Waals surface area contributed by atoms with Gasteiger partial charge in [0.2, 0.25) is 10.0 Å². The summed E-state index contributed by atoms with van der Waals surface area (Å²) in [5.41, 5.74) is 6.39. The van der Waals surface area contributed by atoms with Gasteiger partial charge in [0.1, 0.15) is 0 Å². The number of anilines is 2. The van der Waals surface area contributed by atoms with Crippen LogP contribution in [0.5, 0.6) is 0 Å². The van der Waals surface area contributed by atoms with Crippen molar-refractivity contribution in [2.45, 2.75) is 27.2 Å². The van der Waals surface area contributed by atoms with Gasteiger partial charge in [-0.15, -0.1) is 0 Å². The first-order valence-corrected chi connectivity index (χ1v) is 7.68. The van der Waals surface area contributed by atoms with E-state index in [1.807, 2.05) is 20.8 Å². The Bertz CT molecular complexity index is 521. The molecule has 18 heavy (non-hydrogen) atoms. The third kappa shape index (κ3) is 5.14. The zero-order valence-corrected chi connectivity index (χ0v) is 12.4. The molecule has 0 amide bonds. The normalized spacial score (nSPS) is 12.4. The first-order chi connectivity index (χ1) is 8.09. The molecule has 6 heteroatoms. The standard InChI is InChI=1S/C12H19ClN2O2S/c1-12(2,3)6-7-18(16,17)15-9-4-5-10(13)11(14)8-9/h4-5,8,15H,6-7,14H2,1-3H3. The number of nitrogens with two attached hydrogens (primary N) is 1. The van der Waals surface area contributed by atoms with Crippen LogP contribution in [0.3, 0.4) is 0 Å². The lowest BCUT2D eigenvalue weighted by atomic mass is 9.94. The van der Waals surface area contributed by atoms with E-state index in [1.165, 1.54) is 6.07 Å².